The summed E-state index contributed by atoms with van der Waals surface area (Å²) in [6.07, 6.45) is 1.29. The molecule has 2 heterocycles. The van der Waals surface area contributed by atoms with E-state index in [0.717, 1.165) is 49.1 Å². The highest BCUT2D eigenvalue weighted by atomic mass is 16.5. The molecule has 5 heteroatoms. The molecular weight excluding hydrogens is 264 g/mol. The zero-order chi connectivity index (χ0) is 15.6. The van der Waals surface area contributed by atoms with E-state index in [9.17, 15) is 0 Å². The average molecular weight is 292 g/mol. The van der Waals surface area contributed by atoms with Gasteiger partial charge in [0.25, 0.3) is 0 Å². The van der Waals surface area contributed by atoms with Gasteiger partial charge >= 0.3 is 0 Å². The Morgan fingerprint density at radius 3 is 2.67 bits per heavy atom. The molecule has 0 radical (unpaired) electrons. The van der Waals surface area contributed by atoms with E-state index in [-0.39, 0.29) is 11.7 Å². The first kappa shape index (κ1) is 16.0. The minimum absolute atomic E-state index is 0.153. The van der Waals surface area contributed by atoms with E-state index in [1.165, 1.54) is 0 Å². The molecule has 0 bridgehead atoms. The topological polar surface area (TPSA) is 50.3 Å². The summed E-state index contributed by atoms with van der Waals surface area (Å²) in [5.74, 6) is 2.80. The van der Waals surface area contributed by atoms with Crippen LogP contribution in [0.15, 0.2) is 0 Å². The first-order valence-electron chi connectivity index (χ1n) is 7.84. The number of nitrogens with zero attached hydrogens (tertiary/aromatic N) is 3. The fourth-order valence-electron chi connectivity index (χ4n) is 2.95. The van der Waals surface area contributed by atoms with Crippen molar-refractivity contribution < 1.29 is 4.74 Å². The molecule has 1 fully saturated rings. The van der Waals surface area contributed by atoms with Gasteiger partial charge in [0.05, 0.1) is 11.7 Å². The minimum atomic E-state index is -0.153. The second-order valence-electron chi connectivity index (χ2n) is 6.56. The van der Waals surface area contributed by atoms with Crippen molar-refractivity contribution in [3.8, 4) is 0 Å². The largest absolute Gasteiger partial charge is 0.370 e. The molecule has 1 unspecified atom stereocenters. The molecule has 1 N–H and O–H groups in total. The second kappa shape index (κ2) is 6.18. The summed E-state index contributed by atoms with van der Waals surface area (Å²) >= 11 is 0. The van der Waals surface area contributed by atoms with Crippen molar-refractivity contribution in [2.24, 2.45) is 0 Å². The number of rotatable bonds is 4. The lowest BCUT2D eigenvalue weighted by Crippen LogP contribution is -2.52. The van der Waals surface area contributed by atoms with Crippen LogP contribution >= 0.6 is 0 Å². The molecule has 1 aliphatic heterocycles. The Labute approximate surface area is 128 Å². The Hall–Kier alpha value is -1.36. The van der Waals surface area contributed by atoms with Gasteiger partial charge in [0.1, 0.15) is 17.5 Å². The predicted octanol–water partition coefficient (Wildman–Crippen LogP) is 2.92. The maximum atomic E-state index is 5.99. The lowest BCUT2D eigenvalue weighted by molar-refractivity contribution is -0.0752. The summed E-state index contributed by atoms with van der Waals surface area (Å²) in [7, 11) is 0. The van der Waals surface area contributed by atoms with Crippen molar-refractivity contribution in [1.29, 1.82) is 0 Å². The highest BCUT2D eigenvalue weighted by Gasteiger charge is 2.33. The van der Waals surface area contributed by atoms with Crippen molar-refractivity contribution in [2.45, 2.75) is 59.7 Å². The number of nitrogens with one attached hydrogen (secondary N) is 1. The Kier molecular flexibility index (Phi) is 4.71. The quantitative estimate of drug-likeness (QED) is 0.924. The van der Waals surface area contributed by atoms with Gasteiger partial charge in [-0.1, -0.05) is 6.92 Å². The van der Waals surface area contributed by atoms with Gasteiger partial charge in [0, 0.05) is 25.2 Å². The van der Waals surface area contributed by atoms with Crippen molar-refractivity contribution in [1.82, 2.24) is 9.97 Å². The van der Waals surface area contributed by atoms with E-state index in [4.69, 9.17) is 4.74 Å². The SMILES string of the molecule is CCCNc1nc(C)nc(N2CC(C)OC(C)(C)C2)c1C. The third-order valence-electron chi connectivity index (χ3n) is 3.64. The molecule has 1 aliphatic rings. The number of hydrogen-bond acceptors (Lipinski definition) is 5. The predicted molar refractivity (Wildman–Crippen MR) is 87.1 cm³/mol. The fourth-order valence-corrected chi connectivity index (χ4v) is 2.95. The number of hydrogen-bond donors (Lipinski definition) is 1. The van der Waals surface area contributed by atoms with E-state index in [0.29, 0.717) is 0 Å². The third kappa shape index (κ3) is 3.84. The summed E-state index contributed by atoms with van der Waals surface area (Å²) in [4.78, 5) is 11.6. The van der Waals surface area contributed by atoms with E-state index in [1.807, 2.05) is 6.92 Å². The van der Waals surface area contributed by atoms with Crippen LogP contribution in [0.25, 0.3) is 0 Å². The minimum Gasteiger partial charge on any atom is -0.370 e. The molecule has 1 atom stereocenters. The number of ether oxygens (including phenoxy) is 1. The van der Waals surface area contributed by atoms with Crippen LogP contribution in [0.3, 0.4) is 0 Å². The first-order chi connectivity index (χ1) is 9.82. The Balaban J connectivity index is 2.32. The van der Waals surface area contributed by atoms with Crippen LogP contribution in [0.2, 0.25) is 0 Å². The monoisotopic (exact) mass is 292 g/mol. The molecule has 5 nitrogen and oxygen atoms in total. The molecule has 21 heavy (non-hydrogen) atoms. The second-order valence-corrected chi connectivity index (χ2v) is 6.56. The Bertz CT molecular complexity index is 501. The zero-order valence-corrected chi connectivity index (χ0v) is 14.2. The molecule has 0 spiro atoms. The van der Waals surface area contributed by atoms with Crippen molar-refractivity contribution in [3.05, 3.63) is 11.4 Å². The van der Waals surface area contributed by atoms with Gasteiger partial charge in [0.2, 0.25) is 0 Å². The van der Waals surface area contributed by atoms with Crippen LogP contribution in [0.1, 0.15) is 45.5 Å². The molecule has 0 amide bonds. The van der Waals surface area contributed by atoms with Crippen LogP contribution in [0.4, 0.5) is 11.6 Å². The van der Waals surface area contributed by atoms with Gasteiger partial charge in [-0.3, -0.25) is 0 Å². The molecule has 1 aromatic heterocycles. The van der Waals surface area contributed by atoms with Crippen molar-refractivity contribution >= 4 is 11.6 Å². The maximum Gasteiger partial charge on any atom is 0.137 e. The molecule has 0 aromatic carbocycles. The van der Waals surface area contributed by atoms with E-state index >= 15 is 0 Å². The molecule has 118 valence electrons. The van der Waals surface area contributed by atoms with Crippen LogP contribution in [-0.2, 0) is 4.74 Å². The number of aryl methyl sites for hydroxylation is 1. The zero-order valence-electron chi connectivity index (χ0n) is 14.2. The number of anilines is 2. The highest BCUT2D eigenvalue weighted by molar-refractivity contribution is 5.59. The molecule has 0 saturated carbocycles. The fraction of sp³-hybridized carbons (Fsp3) is 0.750. The lowest BCUT2D eigenvalue weighted by Gasteiger charge is -2.42. The average Bonchev–Trinajstić information content (AvgIpc) is 2.37. The van der Waals surface area contributed by atoms with Gasteiger partial charge in [-0.15, -0.1) is 0 Å². The van der Waals surface area contributed by atoms with Gasteiger partial charge in [0.15, 0.2) is 0 Å². The van der Waals surface area contributed by atoms with Crippen LogP contribution in [0.5, 0.6) is 0 Å². The van der Waals surface area contributed by atoms with Crippen LogP contribution in [-0.4, -0.2) is 41.3 Å². The van der Waals surface area contributed by atoms with Crippen molar-refractivity contribution in [3.63, 3.8) is 0 Å². The van der Waals surface area contributed by atoms with Gasteiger partial charge in [-0.05, 0) is 41.0 Å². The lowest BCUT2D eigenvalue weighted by atomic mass is 10.0. The number of aromatic nitrogens is 2. The Morgan fingerprint density at radius 1 is 1.33 bits per heavy atom. The highest BCUT2D eigenvalue weighted by Crippen LogP contribution is 2.29. The Morgan fingerprint density at radius 2 is 2.05 bits per heavy atom. The smallest absolute Gasteiger partial charge is 0.137 e. The molecule has 2 rings (SSSR count). The van der Waals surface area contributed by atoms with Crippen LogP contribution < -0.4 is 10.2 Å². The summed E-state index contributed by atoms with van der Waals surface area (Å²) in [6.45, 7) is 15.2. The molecule has 1 aromatic rings. The summed E-state index contributed by atoms with van der Waals surface area (Å²) in [5.41, 5.74) is 0.971. The van der Waals surface area contributed by atoms with Gasteiger partial charge < -0.3 is 15.0 Å². The van der Waals surface area contributed by atoms with Gasteiger partial charge in [-0.2, -0.15) is 0 Å². The normalized spacial score (nSPS) is 21.4. The summed E-state index contributed by atoms with van der Waals surface area (Å²) < 4.78 is 5.99. The molecular formula is C16H28N4O. The number of morpholine rings is 1. The maximum absolute atomic E-state index is 5.99. The van der Waals surface area contributed by atoms with Gasteiger partial charge in [-0.25, -0.2) is 9.97 Å². The third-order valence-corrected chi connectivity index (χ3v) is 3.64. The van der Waals surface area contributed by atoms with Crippen LogP contribution in [0, 0.1) is 13.8 Å². The summed E-state index contributed by atoms with van der Waals surface area (Å²) in [5, 5.41) is 3.41. The van der Waals surface area contributed by atoms with E-state index in [2.05, 4.69) is 54.8 Å². The summed E-state index contributed by atoms with van der Waals surface area (Å²) in [6, 6.07) is 0. The molecule has 1 saturated heterocycles. The standard InChI is InChI=1S/C16H28N4O/c1-7-8-17-14-12(3)15(19-13(4)18-14)20-9-11(2)21-16(5,6)10-20/h11H,7-10H2,1-6H3,(H,17,18,19). The van der Waals surface area contributed by atoms with E-state index in [1.54, 1.807) is 0 Å². The first-order valence-corrected chi connectivity index (χ1v) is 7.84. The molecule has 0 aliphatic carbocycles. The van der Waals surface area contributed by atoms with Crippen molar-refractivity contribution in [2.75, 3.05) is 29.9 Å². The van der Waals surface area contributed by atoms with E-state index < -0.39 is 0 Å².